The molecule has 0 aliphatic heterocycles. The van der Waals surface area contributed by atoms with Crippen molar-refractivity contribution in [1.29, 1.82) is 0 Å². The predicted molar refractivity (Wildman–Crippen MR) is 119 cm³/mol. The second-order valence-corrected chi connectivity index (χ2v) is 7.30. The highest BCUT2D eigenvalue weighted by Gasteiger charge is 2.16. The number of carbonyl (C=O) groups is 1. The van der Waals surface area contributed by atoms with Gasteiger partial charge in [0.1, 0.15) is 17.2 Å². The molecule has 1 N–H and O–H groups in total. The number of carbonyl (C=O) groups excluding carboxylic acids is 1. The summed E-state index contributed by atoms with van der Waals surface area (Å²) in [5.74, 6) is 2.31. The van der Waals surface area contributed by atoms with Crippen LogP contribution in [-0.4, -0.2) is 59.8 Å². The van der Waals surface area contributed by atoms with E-state index < -0.39 is 0 Å². The van der Waals surface area contributed by atoms with Crippen molar-refractivity contribution in [3.63, 3.8) is 0 Å². The summed E-state index contributed by atoms with van der Waals surface area (Å²) in [6.45, 7) is 2.69. The highest BCUT2D eigenvalue weighted by molar-refractivity contribution is 7.99. The minimum atomic E-state index is -0.181. The Hall–Kier alpha value is -3.47. The van der Waals surface area contributed by atoms with Gasteiger partial charge >= 0.3 is 0 Å². The van der Waals surface area contributed by atoms with Gasteiger partial charge in [-0.2, -0.15) is 4.68 Å². The van der Waals surface area contributed by atoms with Crippen molar-refractivity contribution >= 4 is 17.7 Å². The van der Waals surface area contributed by atoms with E-state index >= 15 is 0 Å². The number of tetrazole rings is 1. The van der Waals surface area contributed by atoms with Crippen LogP contribution in [0, 0.1) is 0 Å². The van der Waals surface area contributed by atoms with Crippen LogP contribution in [0.3, 0.4) is 0 Å². The van der Waals surface area contributed by atoms with Gasteiger partial charge in [0.25, 0.3) is 0 Å². The van der Waals surface area contributed by atoms with E-state index in [9.17, 15) is 4.79 Å². The van der Waals surface area contributed by atoms with Gasteiger partial charge in [-0.3, -0.25) is 4.79 Å². The molecule has 0 saturated heterocycles. The van der Waals surface area contributed by atoms with Gasteiger partial charge in [0.15, 0.2) is 11.5 Å². The normalized spacial score (nSPS) is 10.5. The van der Waals surface area contributed by atoms with Crippen LogP contribution in [0.25, 0.3) is 5.69 Å². The molecule has 0 radical (unpaired) electrons. The number of benzene rings is 2. The highest BCUT2D eigenvalue weighted by Crippen LogP contribution is 2.34. The van der Waals surface area contributed by atoms with E-state index in [2.05, 4.69) is 20.8 Å². The maximum Gasteiger partial charge on any atom is 0.230 e. The fourth-order valence-corrected chi connectivity index (χ4v) is 3.65. The molecule has 0 atom stereocenters. The third kappa shape index (κ3) is 5.41. The number of thioether (sulfide) groups is 1. The van der Waals surface area contributed by atoms with Gasteiger partial charge in [-0.25, -0.2) is 0 Å². The SMILES string of the molecule is CCOc1ccccc1-n1nnnc1SCC(=O)NCc1cc(OC)c(OC)cc1OC. The molecule has 0 unspecified atom stereocenters. The minimum absolute atomic E-state index is 0.132. The first-order valence-electron chi connectivity index (χ1n) is 9.80. The third-order valence-corrected chi connectivity index (χ3v) is 5.35. The number of para-hydroxylation sites is 2. The molecule has 170 valence electrons. The summed E-state index contributed by atoms with van der Waals surface area (Å²) in [4.78, 5) is 12.5. The highest BCUT2D eigenvalue weighted by atomic mass is 32.2. The van der Waals surface area contributed by atoms with Crippen LogP contribution >= 0.6 is 11.8 Å². The Morgan fingerprint density at radius 1 is 1.03 bits per heavy atom. The maximum absolute atomic E-state index is 12.5. The molecule has 1 amide bonds. The number of amides is 1. The Balaban J connectivity index is 1.65. The first-order chi connectivity index (χ1) is 15.6. The summed E-state index contributed by atoms with van der Waals surface area (Å²) in [5, 5.41) is 15.2. The van der Waals surface area contributed by atoms with E-state index in [1.165, 1.54) is 11.8 Å². The molecule has 0 aliphatic rings. The Kier molecular flexibility index (Phi) is 8.14. The van der Waals surface area contributed by atoms with Gasteiger partial charge in [-0.1, -0.05) is 23.9 Å². The summed E-state index contributed by atoms with van der Waals surface area (Å²) >= 11 is 1.23. The fourth-order valence-electron chi connectivity index (χ4n) is 2.94. The lowest BCUT2D eigenvalue weighted by Gasteiger charge is -2.14. The van der Waals surface area contributed by atoms with Gasteiger partial charge in [0.05, 0.1) is 33.7 Å². The summed E-state index contributed by atoms with van der Waals surface area (Å²) in [5.41, 5.74) is 1.47. The van der Waals surface area contributed by atoms with E-state index in [4.69, 9.17) is 18.9 Å². The van der Waals surface area contributed by atoms with Crippen molar-refractivity contribution in [2.45, 2.75) is 18.6 Å². The Morgan fingerprint density at radius 3 is 2.47 bits per heavy atom. The molecule has 0 saturated carbocycles. The number of aromatic nitrogens is 4. The van der Waals surface area contributed by atoms with Gasteiger partial charge in [-0.15, -0.1) is 5.10 Å². The summed E-state index contributed by atoms with van der Waals surface area (Å²) < 4.78 is 23.2. The zero-order valence-electron chi connectivity index (χ0n) is 18.3. The monoisotopic (exact) mass is 459 g/mol. The molecular formula is C21H25N5O5S. The van der Waals surface area contributed by atoms with E-state index in [1.807, 2.05) is 31.2 Å². The first kappa shape index (κ1) is 23.2. The minimum Gasteiger partial charge on any atom is -0.496 e. The van der Waals surface area contributed by atoms with Crippen LogP contribution in [0.15, 0.2) is 41.6 Å². The van der Waals surface area contributed by atoms with Gasteiger partial charge in [0.2, 0.25) is 11.1 Å². The smallest absolute Gasteiger partial charge is 0.230 e. The average Bonchev–Trinajstić information content (AvgIpc) is 3.29. The molecule has 1 aromatic heterocycles. The topological polar surface area (TPSA) is 110 Å². The second-order valence-electron chi connectivity index (χ2n) is 6.36. The summed E-state index contributed by atoms with van der Waals surface area (Å²) in [6, 6.07) is 10.9. The molecule has 0 fully saturated rings. The molecule has 32 heavy (non-hydrogen) atoms. The summed E-state index contributed by atoms with van der Waals surface area (Å²) in [6.07, 6.45) is 0. The molecule has 0 bridgehead atoms. The van der Waals surface area contributed by atoms with Crippen LogP contribution in [0.4, 0.5) is 0 Å². The van der Waals surface area contributed by atoms with Crippen molar-refractivity contribution < 1.29 is 23.7 Å². The number of nitrogens with one attached hydrogen (secondary N) is 1. The lowest BCUT2D eigenvalue weighted by Crippen LogP contribution is -2.25. The molecule has 10 nitrogen and oxygen atoms in total. The number of nitrogens with zero attached hydrogens (tertiary/aromatic N) is 4. The zero-order chi connectivity index (χ0) is 22.9. The van der Waals surface area contributed by atoms with Crippen molar-refractivity contribution in [2.24, 2.45) is 0 Å². The lowest BCUT2D eigenvalue weighted by molar-refractivity contribution is -0.118. The molecular weight excluding hydrogens is 434 g/mol. The number of methoxy groups -OCH3 is 3. The number of rotatable bonds is 11. The molecule has 1 heterocycles. The number of hydrogen-bond donors (Lipinski definition) is 1. The van der Waals surface area contributed by atoms with Crippen molar-refractivity contribution in [2.75, 3.05) is 33.7 Å². The van der Waals surface area contributed by atoms with Crippen LogP contribution in [0.1, 0.15) is 12.5 Å². The van der Waals surface area contributed by atoms with E-state index in [0.29, 0.717) is 40.4 Å². The van der Waals surface area contributed by atoms with Crippen LogP contribution in [0.5, 0.6) is 23.0 Å². The maximum atomic E-state index is 12.5. The Morgan fingerprint density at radius 2 is 1.75 bits per heavy atom. The fraction of sp³-hybridized carbons (Fsp3) is 0.333. The Labute approximate surface area is 190 Å². The zero-order valence-corrected chi connectivity index (χ0v) is 19.1. The molecule has 0 aliphatic carbocycles. The van der Waals surface area contributed by atoms with E-state index in [-0.39, 0.29) is 18.2 Å². The largest absolute Gasteiger partial charge is 0.496 e. The van der Waals surface area contributed by atoms with E-state index in [0.717, 1.165) is 5.56 Å². The predicted octanol–water partition coefficient (Wildman–Crippen LogP) is 2.50. The lowest BCUT2D eigenvalue weighted by atomic mass is 10.1. The van der Waals surface area contributed by atoms with Crippen LogP contribution < -0.4 is 24.3 Å². The van der Waals surface area contributed by atoms with Crippen molar-refractivity contribution in [3.05, 3.63) is 42.0 Å². The van der Waals surface area contributed by atoms with E-state index in [1.54, 1.807) is 38.1 Å². The van der Waals surface area contributed by atoms with Crippen LogP contribution in [-0.2, 0) is 11.3 Å². The Bertz CT molecular complexity index is 1060. The quantitative estimate of drug-likeness (QED) is 0.433. The van der Waals surface area contributed by atoms with Crippen molar-refractivity contribution in [3.8, 4) is 28.7 Å². The number of hydrogen-bond acceptors (Lipinski definition) is 9. The summed E-state index contributed by atoms with van der Waals surface area (Å²) in [7, 11) is 4.66. The number of ether oxygens (including phenoxy) is 4. The third-order valence-electron chi connectivity index (χ3n) is 4.43. The average molecular weight is 460 g/mol. The first-order valence-corrected chi connectivity index (χ1v) is 10.8. The van der Waals surface area contributed by atoms with Gasteiger partial charge in [0, 0.05) is 18.2 Å². The van der Waals surface area contributed by atoms with Crippen LogP contribution in [0.2, 0.25) is 0 Å². The standard InChI is InChI=1S/C21H25N5O5S/c1-5-31-16-9-7-6-8-15(16)26-21(23-24-25-26)32-13-20(27)22-12-14-10-18(29-3)19(30-4)11-17(14)28-2/h6-11H,5,12-13H2,1-4H3,(H,22,27). The molecule has 3 aromatic rings. The molecule has 11 heteroatoms. The molecule has 2 aromatic carbocycles. The molecule has 3 rings (SSSR count). The van der Waals surface area contributed by atoms with Gasteiger partial charge < -0.3 is 24.3 Å². The second kappa shape index (κ2) is 11.2. The van der Waals surface area contributed by atoms with Crippen molar-refractivity contribution in [1.82, 2.24) is 25.5 Å². The van der Waals surface area contributed by atoms with Gasteiger partial charge in [-0.05, 0) is 35.5 Å². The molecule has 0 spiro atoms.